The number of nitrogens with zero attached hydrogens (tertiary/aromatic N) is 1. The van der Waals surface area contributed by atoms with Crippen molar-refractivity contribution >= 4 is 22.6 Å². The second-order valence-corrected chi connectivity index (χ2v) is 4.00. The summed E-state index contributed by atoms with van der Waals surface area (Å²) in [6.07, 6.45) is -0.157. The molecule has 0 N–H and O–H groups in total. The van der Waals surface area contributed by atoms with Crippen molar-refractivity contribution in [3.05, 3.63) is 50.4 Å². The highest BCUT2D eigenvalue weighted by Gasteiger charge is 2.13. The van der Waals surface area contributed by atoms with Gasteiger partial charge in [-0.05, 0) is 13.0 Å². The van der Waals surface area contributed by atoms with E-state index in [1.165, 1.54) is 12.1 Å². The van der Waals surface area contributed by atoms with E-state index in [1.807, 2.05) is 0 Å². The number of hydrogen-bond acceptors (Lipinski definition) is 6. The van der Waals surface area contributed by atoms with Crippen molar-refractivity contribution in [2.75, 3.05) is 6.61 Å². The van der Waals surface area contributed by atoms with E-state index in [9.17, 15) is 19.7 Å². The summed E-state index contributed by atoms with van der Waals surface area (Å²) in [5.74, 6) is -0.341. The van der Waals surface area contributed by atoms with Crippen molar-refractivity contribution in [3.8, 4) is 0 Å². The van der Waals surface area contributed by atoms with E-state index in [0.717, 1.165) is 12.1 Å². The van der Waals surface area contributed by atoms with Gasteiger partial charge in [0, 0.05) is 18.2 Å². The number of rotatable bonds is 4. The first-order valence-electron chi connectivity index (χ1n) is 5.88. The Labute approximate surface area is 112 Å². The maximum atomic E-state index is 11.9. The van der Waals surface area contributed by atoms with E-state index in [-0.39, 0.29) is 35.4 Å². The molecule has 0 bridgehead atoms. The predicted octanol–water partition coefficient (Wildman–Crippen LogP) is 1.81. The van der Waals surface area contributed by atoms with Crippen LogP contribution in [0.5, 0.6) is 0 Å². The molecule has 0 spiro atoms. The molecule has 0 amide bonds. The second kappa shape index (κ2) is 5.52. The zero-order valence-corrected chi connectivity index (χ0v) is 10.6. The Balaban J connectivity index is 2.43. The summed E-state index contributed by atoms with van der Waals surface area (Å²) in [6.45, 7) is 1.91. The standard InChI is InChI=1S/C13H11NO6/c1-2-19-13(16)7-9-6-11(15)10-5-8(14(17)18)3-4-12(10)20-9/h3-6H,2,7H2,1H3. The number of ether oxygens (including phenoxy) is 1. The molecule has 0 fully saturated rings. The molecule has 0 saturated heterocycles. The van der Waals surface area contributed by atoms with E-state index >= 15 is 0 Å². The molecule has 0 aliphatic heterocycles. The fourth-order valence-corrected chi connectivity index (χ4v) is 1.75. The Morgan fingerprint density at radius 1 is 1.40 bits per heavy atom. The molecule has 1 aromatic heterocycles. The van der Waals surface area contributed by atoms with E-state index in [0.29, 0.717) is 0 Å². The number of nitro benzene ring substituents is 1. The summed E-state index contributed by atoms with van der Waals surface area (Å²) in [5.41, 5.74) is -0.431. The molecular weight excluding hydrogens is 266 g/mol. The fourth-order valence-electron chi connectivity index (χ4n) is 1.75. The van der Waals surface area contributed by atoms with Crippen molar-refractivity contribution in [2.24, 2.45) is 0 Å². The first-order valence-corrected chi connectivity index (χ1v) is 5.88. The number of non-ortho nitro benzene ring substituents is 1. The molecule has 0 aliphatic rings. The number of benzene rings is 1. The minimum atomic E-state index is -0.592. The van der Waals surface area contributed by atoms with E-state index in [2.05, 4.69) is 0 Å². The lowest BCUT2D eigenvalue weighted by Crippen LogP contribution is -2.10. The van der Waals surface area contributed by atoms with Crippen LogP contribution in [0.2, 0.25) is 0 Å². The second-order valence-electron chi connectivity index (χ2n) is 4.00. The van der Waals surface area contributed by atoms with E-state index in [4.69, 9.17) is 9.15 Å². The van der Waals surface area contributed by atoms with Crippen LogP contribution < -0.4 is 5.43 Å². The Kier molecular flexibility index (Phi) is 3.79. The molecule has 104 valence electrons. The Morgan fingerprint density at radius 2 is 2.15 bits per heavy atom. The molecule has 7 nitrogen and oxygen atoms in total. The Hall–Kier alpha value is -2.70. The summed E-state index contributed by atoms with van der Waals surface area (Å²) in [6, 6.07) is 4.86. The molecule has 0 aliphatic carbocycles. The van der Waals surface area contributed by atoms with Gasteiger partial charge in [-0.2, -0.15) is 0 Å². The lowest BCUT2D eigenvalue weighted by Gasteiger charge is -2.03. The van der Waals surface area contributed by atoms with Crippen molar-refractivity contribution in [1.29, 1.82) is 0 Å². The molecule has 20 heavy (non-hydrogen) atoms. The number of carbonyl (C=O) groups excluding carboxylic acids is 1. The monoisotopic (exact) mass is 277 g/mol. The van der Waals surface area contributed by atoms with Gasteiger partial charge in [-0.3, -0.25) is 19.7 Å². The molecule has 0 saturated carbocycles. The third-order valence-electron chi connectivity index (χ3n) is 2.60. The van der Waals surface area contributed by atoms with Crippen molar-refractivity contribution in [1.82, 2.24) is 0 Å². The average Bonchev–Trinajstić information content (AvgIpc) is 2.38. The zero-order chi connectivity index (χ0) is 14.7. The summed E-state index contributed by atoms with van der Waals surface area (Å²) in [7, 11) is 0. The fraction of sp³-hybridized carbons (Fsp3) is 0.231. The minimum Gasteiger partial charge on any atom is -0.466 e. The van der Waals surface area contributed by atoms with Gasteiger partial charge in [0.25, 0.3) is 5.69 Å². The molecule has 2 aromatic rings. The quantitative estimate of drug-likeness (QED) is 0.480. The third-order valence-corrected chi connectivity index (χ3v) is 2.60. The Bertz CT molecular complexity index is 733. The van der Waals surface area contributed by atoms with Crippen molar-refractivity contribution in [3.63, 3.8) is 0 Å². The van der Waals surface area contributed by atoms with Gasteiger partial charge in [-0.15, -0.1) is 0 Å². The normalized spacial score (nSPS) is 10.4. The van der Waals surface area contributed by atoms with Gasteiger partial charge < -0.3 is 9.15 Å². The van der Waals surface area contributed by atoms with Gasteiger partial charge >= 0.3 is 5.97 Å². The smallest absolute Gasteiger partial charge is 0.313 e. The van der Waals surface area contributed by atoms with Crippen LogP contribution in [0, 0.1) is 10.1 Å². The predicted molar refractivity (Wildman–Crippen MR) is 69.5 cm³/mol. The molecule has 1 aromatic carbocycles. The van der Waals surface area contributed by atoms with E-state index in [1.54, 1.807) is 6.92 Å². The van der Waals surface area contributed by atoms with Crippen LogP contribution in [-0.2, 0) is 16.0 Å². The van der Waals surface area contributed by atoms with Crippen LogP contribution in [0.4, 0.5) is 5.69 Å². The summed E-state index contributed by atoms with van der Waals surface area (Å²) in [5, 5.41) is 10.8. The number of esters is 1. The van der Waals surface area contributed by atoms with Crippen LogP contribution in [0.25, 0.3) is 11.0 Å². The molecule has 7 heteroatoms. The minimum absolute atomic E-state index is 0.104. The largest absolute Gasteiger partial charge is 0.466 e. The molecule has 2 rings (SSSR count). The molecular formula is C13H11NO6. The molecule has 0 unspecified atom stereocenters. The lowest BCUT2D eigenvalue weighted by atomic mass is 10.2. The zero-order valence-electron chi connectivity index (χ0n) is 10.6. The maximum Gasteiger partial charge on any atom is 0.313 e. The van der Waals surface area contributed by atoms with Gasteiger partial charge in [0.2, 0.25) is 0 Å². The van der Waals surface area contributed by atoms with Crippen molar-refractivity contribution < 1.29 is 18.9 Å². The lowest BCUT2D eigenvalue weighted by molar-refractivity contribution is -0.384. The van der Waals surface area contributed by atoms with Gasteiger partial charge in [0.1, 0.15) is 17.8 Å². The van der Waals surface area contributed by atoms with Gasteiger partial charge in [-0.25, -0.2) is 0 Å². The third kappa shape index (κ3) is 2.82. The van der Waals surface area contributed by atoms with E-state index < -0.39 is 16.3 Å². The van der Waals surface area contributed by atoms with Gasteiger partial charge in [0.15, 0.2) is 5.43 Å². The number of carbonyl (C=O) groups is 1. The number of hydrogen-bond donors (Lipinski definition) is 0. The van der Waals surface area contributed by atoms with Crippen LogP contribution in [0.1, 0.15) is 12.7 Å². The molecule has 1 heterocycles. The maximum absolute atomic E-state index is 11.9. The molecule has 0 radical (unpaired) electrons. The summed E-state index contributed by atoms with van der Waals surface area (Å²) < 4.78 is 10.1. The summed E-state index contributed by atoms with van der Waals surface area (Å²) >= 11 is 0. The number of fused-ring (bicyclic) bond motifs is 1. The Morgan fingerprint density at radius 3 is 2.80 bits per heavy atom. The number of nitro groups is 1. The van der Waals surface area contributed by atoms with Crippen LogP contribution in [-0.4, -0.2) is 17.5 Å². The van der Waals surface area contributed by atoms with Crippen LogP contribution in [0.15, 0.2) is 33.5 Å². The molecule has 0 atom stereocenters. The SMILES string of the molecule is CCOC(=O)Cc1cc(=O)c2cc([N+](=O)[O-])ccc2o1. The highest BCUT2D eigenvalue weighted by atomic mass is 16.6. The van der Waals surface area contributed by atoms with Crippen LogP contribution in [0.3, 0.4) is 0 Å². The van der Waals surface area contributed by atoms with Gasteiger partial charge in [0.05, 0.1) is 16.9 Å². The first kappa shape index (κ1) is 13.7. The van der Waals surface area contributed by atoms with Gasteiger partial charge in [-0.1, -0.05) is 0 Å². The first-order chi connectivity index (χ1) is 9.51. The highest BCUT2D eigenvalue weighted by molar-refractivity contribution is 5.80. The topological polar surface area (TPSA) is 99.7 Å². The average molecular weight is 277 g/mol. The van der Waals surface area contributed by atoms with Crippen LogP contribution >= 0.6 is 0 Å². The summed E-state index contributed by atoms with van der Waals surface area (Å²) in [4.78, 5) is 33.3. The highest BCUT2D eigenvalue weighted by Crippen LogP contribution is 2.19. The van der Waals surface area contributed by atoms with Crippen molar-refractivity contribution in [2.45, 2.75) is 13.3 Å².